The zero-order valence-corrected chi connectivity index (χ0v) is 28.4. The summed E-state index contributed by atoms with van der Waals surface area (Å²) in [5.41, 5.74) is -0.965. The van der Waals surface area contributed by atoms with E-state index in [-0.39, 0.29) is 32.7 Å². The van der Waals surface area contributed by atoms with Crippen LogP contribution in [0.4, 0.5) is 4.79 Å². The highest BCUT2D eigenvalue weighted by molar-refractivity contribution is 5.86. The van der Waals surface area contributed by atoms with Crippen LogP contribution in [0.2, 0.25) is 0 Å². The first kappa shape index (κ1) is 40.3. The highest BCUT2D eigenvalue weighted by Gasteiger charge is 2.55. The Hall–Kier alpha value is -5.11. The zero-order valence-electron chi connectivity index (χ0n) is 28.4. The van der Waals surface area contributed by atoms with Gasteiger partial charge >= 0.3 is 29.7 Å². The fourth-order valence-corrected chi connectivity index (χ4v) is 5.16. The number of esters is 3. The number of hydrogen-bond donors (Lipinski definition) is 6. The molecule has 19 nitrogen and oxygen atoms in total. The van der Waals surface area contributed by atoms with Crippen molar-refractivity contribution in [2.45, 2.75) is 89.6 Å². The van der Waals surface area contributed by atoms with Crippen molar-refractivity contribution in [3.8, 4) is 0 Å². The van der Waals surface area contributed by atoms with Gasteiger partial charge in [-0.05, 0) is 32.4 Å². The Morgan fingerprint density at radius 2 is 1.61 bits per heavy atom. The standard InChI is InChI=1S/C32H43N5O14/c1-5-47-30(44)23(33-13-9-14-34-28(43)22(17(2)38)36-32(46)48-16-20-10-7-6-8-11-20)24(42)25-26(49-18(3)39)27(50-19(4)40)29(51-25)37-15-12-21(41)35-31(37)45/h6-8,10-12,15,17,22-27,29,33,38,42H,5,9,13-14,16H2,1-4H3,(H,34,43)(H,36,46)(H,35,41,45)/t17?,22-,23?,24?,25+,26+,27+,29-/m0/s1. The number of rotatable bonds is 17. The van der Waals surface area contributed by atoms with Crippen LogP contribution in [-0.2, 0) is 49.5 Å². The number of H-pyrrole nitrogens is 1. The summed E-state index contributed by atoms with van der Waals surface area (Å²) in [4.78, 5) is 88.5. The molecule has 1 aliphatic rings. The second-order valence-corrected chi connectivity index (χ2v) is 11.4. The molecule has 0 aliphatic carbocycles. The SMILES string of the molecule is CCOC(=O)C(NCCCNC(=O)[C@@H](NC(=O)OCc1ccccc1)C(C)O)C(O)[C@H]1O[C@H](n2ccc(=O)[nH]c2=O)[C@H](OC(C)=O)[C@@H]1OC(C)=O. The molecule has 51 heavy (non-hydrogen) atoms. The van der Waals surface area contributed by atoms with E-state index in [1.54, 1.807) is 30.3 Å². The Labute approximate surface area is 291 Å². The number of alkyl carbamates (subject to hydrolysis) is 1. The van der Waals surface area contributed by atoms with Crippen LogP contribution in [-0.4, -0.2) is 112 Å². The number of amides is 2. The Kier molecular flexibility index (Phi) is 15.3. The van der Waals surface area contributed by atoms with Crippen LogP contribution in [0.15, 0.2) is 52.2 Å². The third kappa shape index (κ3) is 11.7. The summed E-state index contributed by atoms with van der Waals surface area (Å²) < 4.78 is 27.7. The number of aromatic amines is 1. The minimum Gasteiger partial charge on any atom is -0.465 e. The van der Waals surface area contributed by atoms with E-state index >= 15 is 0 Å². The van der Waals surface area contributed by atoms with Gasteiger partial charge in [0.2, 0.25) is 5.91 Å². The molecule has 280 valence electrons. The summed E-state index contributed by atoms with van der Waals surface area (Å²) >= 11 is 0. The lowest BCUT2D eigenvalue weighted by Crippen LogP contribution is -2.56. The summed E-state index contributed by atoms with van der Waals surface area (Å²) in [6.07, 6.45) is -8.94. The maximum Gasteiger partial charge on any atom is 0.408 e. The number of carbonyl (C=O) groups is 5. The second kappa shape index (κ2) is 19.3. The summed E-state index contributed by atoms with van der Waals surface area (Å²) in [5, 5.41) is 29.3. The summed E-state index contributed by atoms with van der Waals surface area (Å²) in [7, 11) is 0. The molecule has 2 amide bonds. The van der Waals surface area contributed by atoms with Crippen molar-refractivity contribution in [2.75, 3.05) is 19.7 Å². The van der Waals surface area contributed by atoms with Gasteiger partial charge in [0.05, 0.1) is 12.7 Å². The van der Waals surface area contributed by atoms with E-state index in [2.05, 4.69) is 16.0 Å². The zero-order chi connectivity index (χ0) is 37.7. The molecule has 1 fully saturated rings. The molecular weight excluding hydrogens is 678 g/mol. The molecule has 8 atom stereocenters. The van der Waals surface area contributed by atoms with Gasteiger partial charge in [-0.15, -0.1) is 0 Å². The fraction of sp³-hybridized carbons (Fsp3) is 0.531. The van der Waals surface area contributed by atoms with E-state index in [0.29, 0.717) is 0 Å². The van der Waals surface area contributed by atoms with E-state index in [4.69, 9.17) is 23.7 Å². The largest absolute Gasteiger partial charge is 0.465 e. The van der Waals surface area contributed by atoms with Gasteiger partial charge in [-0.25, -0.2) is 9.59 Å². The first-order valence-corrected chi connectivity index (χ1v) is 16.1. The lowest BCUT2D eigenvalue weighted by atomic mass is 9.98. The molecule has 1 aromatic heterocycles. The van der Waals surface area contributed by atoms with Gasteiger partial charge in [0.15, 0.2) is 18.4 Å². The van der Waals surface area contributed by atoms with E-state index in [1.807, 2.05) is 4.98 Å². The van der Waals surface area contributed by atoms with Crippen LogP contribution in [0.3, 0.4) is 0 Å². The van der Waals surface area contributed by atoms with Gasteiger partial charge in [0, 0.05) is 32.7 Å². The van der Waals surface area contributed by atoms with Crippen LogP contribution < -0.4 is 27.2 Å². The molecule has 1 aliphatic heterocycles. The Morgan fingerprint density at radius 3 is 2.22 bits per heavy atom. The van der Waals surface area contributed by atoms with Crippen molar-refractivity contribution >= 4 is 29.9 Å². The molecule has 2 aromatic rings. The molecule has 2 heterocycles. The molecule has 0 saturated carbocycles. The molecule has 0 spiro atoms. The highest BCUT2D eigenvalue weighted by Crippen LogP contribution is 2.35. The summed E-state index contributed by atoms with van der Waals surface area (Å²) in [6.45, 7) is 4.79. The number of nitrogens with zero attached hydrogens (tertiary/aromatic N) is 1. The number of aromatic nitrogens is 2. The summed E-state index contributed by atoms with van der Waals surface area (Å²) in [5.74, 6) is -3.36. The molecular formula is C32H43N5O14. The van der Waals surface area contributed by atoms with Crippen LogP contribution in [0.25, 0.3) is 0 Å². The predicted molar refractivity (Wildman–Crippen MR) is 174 cm³/mol. The first-order valence-electron chi connectivity index (χ1n) is 16.1. The number of nitrogens with one attached hydrogen (secondary N) is 4. The number of aliphatic hydroxyl groups is 2. The Morgan fingerprint density at radius 1 is 0.941 bits per heavy atom. The molecule has 1 aromatic carbocycles. The normalized spacial score (nSPS) is 20.6. The average molecular weight is 722 g/mol. The smallest absolute Gasteiger partial charge is 0.408 e. The van der Waals surface area contributed by atoms with E-state index < -0.39 is 90.0 Å². The average Bonchev–Trinajstić information content (AvgIpc) is 3.40. The maximum absolute atomic E-state index is 13.0. The van der Waals surface area contributed by atoms with Crippen LogP contribution in [0, 0.1) is 0 Å². The van der Waals surface area contributed by atoms with Gasteiger partial charge in [0.1, 0.15) is 30.9 Å². The van der Waals surface area contributed by atoms with Crippen molar-refractivity contribution in [3.05, 3.63) is 69.0 Å². The number of ether oxygens (including phenoxy) is 5. The lowest BCUT2D eigenvalue weighted by Gasteiger charge is -2.30. The molecule has 6 N–H and O–H groups in total. The van der Waals surface area contributed by atoms with Crippen LogP contribution in [0.1, 0.15) is 45.9 Å². The number of hydrogen-bond acceptors (Lipinski definition) is 15. The predicted octanol–water partition coefficient (Wildman–Crippen LogP) is -1.64. The Balaban J connectivity index is 1.68. The quantitative estimate of drug-likeness (QED) is 0.0608. The van der Waals surface area contributed by atoms with Gasteiger partial charge in [-0.2, -0.15) is 0 Å². The van der Waals surface area contributed by atoms with Crippen molar-refractivity contribution in [2.24, 2.45) is 0 Å². The van der Waals surface area contributed by atoms with Gasteiger partial charge < -0.3 is 49.8 Å². The third-order valence-electron chi connectivity index (χ3n) is 7.44. The molecule has 1 saturated heterocycles. The fourth-order valence-electron chi connectivity index (χ4n) is 5.16. The molecule has 3 rings (SSSR count). The minimum absolute atomic E-state index is 0.0107. The van der Waals surface area contributed by atoms with E-state index in [9.17, 15) is 43.8 Å². The monoisotopic (exact) mass is 721 g/mol. The van der Waals surface area contributed by atoms with Gasteiger partial charge in [-0.3, -0.25) is 33.5 Å². The van der Waals surface area contributed by atoms with Gasteiger partial charge in [0.25, 0.3) is 5.56 Å². The second-order valence-electron chi connectivity index (χ2n) is 11.4. The molecule has 19 heteroatoms. The number of carbonyl (C=O) groups excluding carboxylic acids is 5. The van der Waals surface area contributed by atoms with Crippen molar-refractivity contribution in [1.82, 2.24) is 25.5 Å². The number of aliphatic hydroxyl groups excluding tert-OH is 2. The number of benzene rings is 1. The van der Waals surface area contributed by atoms with Crippen molar-refractivity contribution in [3.63, 3.8) is 0 Å². The minimum atomic E-state index is -1.84. The molecule has 0 bridgehead atoms. The first-order chi connectivity index (χ1) is 24.2. The topological polar surface area (TPSA) is 263 Å². The third-order valence-corrected chi connectivity index (χ3v) is 7.44. The van der Waals surface area contributed by atoms with Gasteiger partial charge in [-0.1, -0.05) is 30.3 Å². The molecule has 3 unspecified atom stereocenters. The summed E-state index contributed by atoms with van der Waals surface area (Å²) in [6, 6.07) is 6.96. The van der Waals surface area contributed by atoms with Crippen molar-refractivity contribution < 1.29 is 57.9 Å². The van der Waals surface area contributed by atoms with Crippen molar-refractivity contribution in [1.29, 1.82) is 0 Å². The molecule has 0 radical (unpaired) electrons. The Bertz CT molecular complexity index is 1610. The van der Waals surface area contributed by atoms with Crippen LogP contribution >= 0.6 is 0 Å². The van der Waals surface area contributed by atoms with E-state index in [0.717, 1.165) is 36.2 Å². The maximum atomic E-state index is 13.0. The lowest BCUT2D eigenvalue weighted by molar-refractivity contribution is -0.168. The van der Waals surface area contributed by atoms with Crippen LogP contribution in [0.5, 0.6) is 0 Å². The van der Waals surface area contributed by atoms with E-state index in [1.165, 1.54) is 13.8 Å². The highest BCUT2D eigenvalue weighted by atomic mass is 16.6.